The highest BCUT2D eigenvalue weighted by atomic mass is 16.2. The first-order valence-corrected chi connectivity index (χ1v) is 9.81. The number of carbonyl (C=O) groups is 3. The summed E-state index contributed by atoms with van der Waals surface area (Å²) in [6.07, 6.45) is 6.63. The van der Waals surface area contributed by atoms with E-state index in [1.807, 2.05) is 43.1 Å². The van der Waals surface area contributed by atoms with E-state index in [-0.39, 0.29) is 18.8 Å². The number of hydrogen-bond donors (Lipinski definition) is 0. The third kappa shape index (κ3) is 3.53. The molecule has 2 fully saturated rings. The van der Waals surface area contributed by atoms with Crippen LogP contribution < -0.4 is 0 Å². The van der Waals surface area contributed by atoms with Crippen LogP contribution in [0.5, 0.6) is 0 Å². The summed E-state index contributed by atoms with van der Waals surface area (Å²) >= 11 is 0. The predicted molar refractivity (Wildman–Crippen MR) is 104 cm³/mol. The number of amides is 4. The molecule has 2 aliphatic rings. The Morgan fingerprint density at radius 3 is 2.41 bits per heavy atom. The minimum Gasteiger partial charge on any atom is -0.282 e. The third-order valence-electron chi connectivity index (χ3n) is 5.86. The first-order chi connectivity index (χ1) is 14.0. The van der Waals surface area contributed by atoms with Crippen molar-refractivity contribution in [2.24, 2.45) is 0 Å². The number of urea groups is 1. The summed E-state index contributed by atoms with van der Waals surface area (Å²) < 4.78 is 1.67. The molecule has 1 aliphatic carbocycles. The van der Waals surface area contributed by atoms with Crippen LogP contribution in [-0.2, 0) is 9.59 Å². The predicted octanol–water partition coefficient (Wildman–Crippen LogP) is 1.95. The van der Waals surface area contributed by atoms with E-state index >= 15 is 0 Å². The Labute approximate surface area is 168 Å². The van der Waals surface area contributed by atoms with Crippen LogP contribution in [0.3, 0.4) is 0 Å². The monoisotopic (exact) mass is 396 g/mol. The van der Waals surface area contributed by atoms with Gasteiger partial charge in [-0.25, -0.2) is 19.4 Å². The fourth-order valence-electron chi connectivity index (χ4n) is 3.98. The first kappa shape index (κ1) is 19.3. The summed E-state index contributed by atoms with van der Waals surface area (Å²) in [6.45, 7) is 2.06. The molecule has 4 rings (SSSR count). The molecule has 9 heteroatoms. The van der Waals surface area contributed by atoms with Gasteiger partial charge in [-0.05, 0) is 44.5 Å². The van der Waals surface area contributed by atoms with E-state index in [4.69, 9.17) is 0 Å². The van der Waals surface area contributed by atoms with Crippen molar-refractivity contribution >= 4 is 17.8 Å². The van der Waals surface area contributed by atoms with Gasteiger partial charge >= 0.3 is 17.8 Å². The van der Waals surface area contributed by atoms with Crippen molar-refractivity contribution < 1.29 is 14.4 Å². The molecule has 1 aromatic carbocycles. The van der Waals surface area contributed by atoms with Crippen molar-refractivity contribution in [3.05, 3.63) is 42.5 Å². The summed E-state index contributed by atoms with van der Waals surface area (Å²) in [6, 6.07) is 7.13. The number of nitrogens with zero attached hydrogens (tertiary/aromatic N) is 6. The standard InChI is InChI=1S/C20H24N6O3/c1-14(15-7-9-16(10-8-15)25-12-21-11-22-25)23(2)13-24-18(27)19(28)26(20(24)29)17-5-3-4-6-17/h7-12,14,17H,3-6,13H2,1-2H3/t14-/m0/s1. The van der Waals surface area contributed by atoms with E-state index in [2.05, 4.69) is 10.1 Å². The van der Waals surface area contributed by atoms with Crippen molar-refractivity contribution in [2.45, 2.75) is 44.7 Å². The summed E-state index contributed by atoms with van der Waals surface area (Å²) in [5, 5.41) is 4.10. The molecule has 0 N–H and O–H groups in total. The SMILES string of the molecule is C[C@@H](c1ccc(-n2cncn2)cc1)N(C)CN1C(=O)C(=O)N(C2CCCC2)C1=O. The second-order valence-corrected chi connectivity index (χ2v) is 7.64. The van der Waals surface area contributed by atoms with Gasteiger partial charge in [0.1, 0.15) is 12.7 Å². The average molecular weight is 396 g/mol. The smallest absolute Gasteiger partial charge is 0.282 e. The van der Waals surface area contributed by atoms with Crippen LogP contribution in [0.4, 0.5) is 4.79 Å². The van der Waals surface area contributed by atoms with Gasteiger partial charge in [0.05, 0.1) is 12.4 Å². The normalized spacial score (nSPS) is 19.1. The highest BCUT2D eigenvalue weighted by Gasteiger charge is 2.48. The molecule has 152 valence electrons. The highest BCUT2D eigenvalue weighted by molar-refractivity contribution is 6.44. The number of rotatable bonds is 6. The summed E-state index contributed by atoms with van der Waals surface area (Å²) in [4.78, 5) is 45.6. The molecule has 0 bridgehead atoms. The van der Waals surface area contributed by atoms with Gasteiger partial charge in [0.25, 0.3) is 0 Å². The molecule has 1 atom stereocenters. The zero-order valence-electron chi connectivity index (χ0n) is 16.6. The first-order valence-electron chi connectivity index (χ1n) is 9.81. The Balaban J connectivity index is 1.44. The van der Waals surface area contributed by atoms with Gasteiger partial charge in [-0.1, -0.05) is 25.0 Å². The van der Waals surface area contributed by atoms with Gasteiger partial charge in [-0.15, -0.1) is 0 Å². The van der Waals surface area contributed by atoms with Crippen molar-refractivity contribution in [1.82, 2.24) is 29.5 Å². The Bertz CT molecular complexity index is 905. The molecule has 1 saturated heterocycles. The van der Waals surface area contributed by atoms with Gasteiger partial charge in [0.2, 0.25) is 0 Å². The average Bonchev–Trinajstić information content (AvgIpc) is 3.48. The molecular weight excluding hydrogens is 372 g/mol. The van der Waals surface area contributed by atoms with Crippen LogP contribution >= 0.6 is 0 Å². The lowest BCUT2D eigenvalue weighted by molar-refractivity contribution is -0.144. The van der Waals surface area contributed by atoms with Crippen molar-refractivity contribution in [3.63, 3.8) is 0 Å². The summed E-state index contributed by atoms with van der Waals surface area (Å²) in [5.74, 6) is -1.43. The number of hydrogen-bond acceptors (Lipinski definition) is 6. The van der Waals surface area contributed by atoms with Crippen LogP contribution in [0.25, 0.3) is 5.69 Å². The fourth-order valence-corrected chi connectivity index (χ4v) is 3.98. The molecule has 1 aliphatic heterocycles. The molecule has 0 spiro atoms. The van der Waals surface area contributed by atoms with E-state index in [1.165, 1.54) is 11.2 Å². The molecule has 0 unspecified atom stereocenters. The number of imide groups is 2. The van der Waals surface area contributed by atoms with Crippen LogP contribution in [0, 0.1) is 0 Å². The Hall–Kier alpha value is -3.07. The Morgan fingerprint density at radius 1 is 1.10 bits per heavy atom. The Morgan fingerprint density at radius 2 is 1.79 bits per heavy atom. The molecule has 1 saturated carbocycles. The summed E-state index contributed by atoms with van der Waals surface area (Å²) in [7, 11) is 1.83. The van der Waals surface area contributed by atoms with E-state index in [1.54, 1.807) is 11.0 Å². The maximum atomic E-state index is 12.8. The summed E-state index contributed by atoms with van der Waals surface area (Å²) in [5.41, 5.74) is 1.92. The number of carbonyl (C=O) groups excluding carboxylic acids is 3. The van der Waals surface area contributed by atoms with E-state index in [9.17, 15) is 14.4 Å². The van der Waals surface area contributed by atoms with Crippen molar-refractivity contribution in [2.75, 3.05) is 13.7 Å². The highest BCUT2D eigenvalue weighted by Crippen LogP contribution is 2.28. The topological polar surface area (TPSA) is 91.6 Å². The molecule has 2 aromatic rings. The third-order valence-corrected chi connectivity index (χ3v) is 5.86. The molecule has 1 aromatic heterocycles. The van der Waals surface area contributed by atoms with E-state index in [0.717, 1.165) is 41.8 Å². The maximum Gasteiger partial charge on any atom is 0.335 e. The molecule has 0 radical (unpaired) electrons. The zero-order chi connectivity index (χ0) is 20.5. The molecular formula is C20H24N6O3. The van der Waals surface area contributed by atoms with Crippen LogP contribution in [0.15, 0.2) is 36.9 Å². The zero-order valence-corrected chi connectivity index (χ0v) is 16.6. The largest absolute Gasteiger partial charge is 0.335 e. The number of benzene rings is 1. The van der Waals surface area contributed by atoms with Gasteiger partial charge < -0.3 is 0 Å². The molecule has 2 heterocycles. The lowest BCUT2D eigenvalue weighted by Gasteiger charge is -2.29. The molecule has 4 amide bonds. The van der Waals surface area contributed by atoms with Crippen molar-refractivity contribution in [1.29, 1.82) is 0 Å². The van der Waals surface area contributed by atoms with E-state index < -0.39 is 17.8 Å². The Kier molecular flexibility index (Phi) is 5.14. The van der Waals surface area contributed by atoms with E-state index in [0.29, 0.717) is 0 Å². The van der Waals surface area contributed by atoms with Crippen LogP contribution in [0.2, 0.25) is 0 Å². The second-order valence-electron chi connectivity index (χ2n) is 7.64. The fraction of sp³-hybridized carbons (Fsp3) is 0.450. The van der Waals surface area contributed by atoms with Crippen LogP contribution in [0.1, 0.15) is 44.2 Å². The van der Waals surface area contributed by atoms with Crippen LogP contribution in [-0.4, -0.2) is 67.1 Å². The minimum atomic E-state index is -0.734. The molecule has 29 heavy (non-hydrogen) atoms. The molecule has 9 nitrogen and oxygen atoms in total. The van der Waals surface area contributed by atoms with Gasteiger partial charge in [-0.2, -0.15) is 5.10 Å². The maximum absolute atomic E-state index is 12.8. The van der Waals surface area contributed by atoms with Crippen molar-refractivity contribution in [3.8, 4) is 5.69 Å². The lowest BCUT2D eigenvalue weighted by atomic mass is 10.1. The number of aromatic nitrogens is 3. The second kappa shape index (κ2) is 7.75. The quantitative estimate of drug-likeness (QED) is 0.547. The van der Waals surface area contributed by atoms with Gasteiger partial charge in [0.15, 0.2) is 0 Å². The van der Waals surface area contributed by atoms with Gasteiger partial charge in [-0.3, -0.25) is 19.4 Å². The van der Waals surface area contributed by atoms with Gasteiger partial charge in [0, 0.05) is 12.1 Å². The minimum absolute atomic E-state index is 0.0592. The lowest BCUT2D eigenvalue weighted by Crippen LogP contribution is -2.43.